The lowest BCUT2D eigenvalue weighted by molar-refractivity contribution is 0.145. The van der Waals surface area contributed by atoms with Gasteiger partial charge in [0.25, 0.3) is 0 Å². The first-order chi connectivity index (χ1) is 15.7. The van der Waals surface area contributed by atoms with Crippen LogP contribution in [-0.2, 0) is 11.3 Å². The number of aliphatic imine (C=N–C) groups is 1. The van der Waals surface area contributed by atoms with Crippen molar-refractivity contribution in [2.24, 2.45) is 10.9 Å². The number of rotatable bonds is 5. The average Bonchev–Trinajstić information content (AvgIpc) is 3.50. The Hall–Kier alpha value is -3.75. The summed E-state index contributed by atoms with van der Waals surface area (Å²) in [5, 5.41) is 16.1. The second-order valence-electron chi connectivity index (χ2n) is 8.00. The predicted molar refractivity (Wildman–Crippen MR) is 120 cm³/mol. The molecule has 3 aromatic rings. The molecule has 5 rings (SSSR count). The third kappa shape index (κ3) is 4.05. The Labute approximate surface area is 185 Å². The molecule has 32 heavy (non-hydrogen) atoms. The summed E-state index contributed by atoms with van der Waals surface area (Å²) in [4.78, 5) is 18.7. The van der Waals surface area contributed by atoms with Gasteiger partial charge in [-0.1, -0.05) is 37.3 Å². The molecule has 0 spiro atoms. The summed E-state index contributed by atoms with van der Waals surface area (Å²) < 4.78 is 7.78. The number of allylic oxidation sites excluding steroid dienone is 1. The van der Waals surface area contributed by atoms with Crippen molar-refractivity contribution in [1.29, 1.82) is 0 Å². The number of fused-ring (bicyclic) bond motifs is 1. The van der Waals surface area contributed by atoms with Gasteiger partial charge in [-0.3, -0.25) is 4.99 Å². The van der Waals surface area contributed by atoms with Gasteiger partial charge < -0.3 is 15.0 Å². The molecule has 0 bridgehead atoms. The fourth-order valence-corrected chi connectivity index (χ4v) is 3.96. The number of likely N-dealkylation sites (tertiary alicyclic amines) is 1. The fraction of sp³-hybridized carbons (Fsp3) is 0.348. The van der Waals surface area contributed by atoms with Crippen molar-refractivity contribution in [2.75, 3.05) is 13.1 Å². The molecule has 1 aromatic carbocycles. The first-order valence-electron chi connectivity index (χ1n) is 10.9. The summed E-state index contributed by atoms with van der Waals surface area (Å²) in [6.07, 6.45) is 5.25. The van der Waals surface area contributed by atoms with E-state index < -0.39 is 0 Å². The smallest absolute Gasteiger partial charge is 0.319 e. The number of aromatic nitrogens is 4. The van der Waals surface area contributed by atoms with Crippen LogP contribution in [0.25, 0.3) is 16.9 Å². The molecule has 2 unspecified atom stereocenters. The van der Waals surface area contributed by atoms with Gasteiger partial charge in [0.2, 0.25) is 0 Å². The summed E-state index contributed by atoms with van der Waals surface area (Å²) in [6.45, 7) is 3.80. The standard InChI is InChI=1S/C23H25N7O2/c1-16-19(11-12-24-22(16)25-23(31)29-13-5-6-14-29)32-15-21-27-26-20-10-9-18(28-30(20)21)17-7-3-2-4-8-17/h2-4,7-12,16,22H,5-6,13-15H2,1H3,(H,25,31). The highest BCUT2D eigenvalue weighted by atomic mass is 16.5. The minimum Gasteiger partial charge on any atom is -0.489 e. The normalized spacial score (nSPS) is 20.4. The van der Waals surface area contributed by atoms with E-state index >= 15 is 0 Å². The van der Waals surface area contributed by atoms with Gasteiger partial charge in [-0.25, -0.2) is 4.79 Å². The molecule has 164 valence electrons. The largest absolute Gasteiger partial charge is 0.489 e. The summed E-state index contributed by atoms with van der Waals surface area (Å²) in [6, 6.07) is 13.7. The third-order valence-corrected chi connectivity index (χ3v) is 5.84. The number of benzene rings is 1. The van der Waals surface area contributed by atoms with Gasteiger partial charge in [0.1, 0.15) is 18.5 Å². The van der Waals surface area contributed by atoms with Crippen molar-refractivity contribution in [3.8, 4) is 11.3 Å². The maximum absolute atomic E-state index is 12.5. The highest BCUT2D eigenvalue weighted by Gasteiger charge is 2.28. The Morgan fingerprint density at radius 1 is 1.12 bits per heavy atom. The van der Waals surface area contributed by atoms with Gasteiger partial charge in [0.05, 0.1) is 11.6 Å². The van der Waals surface area contributed by atoms with Crippen LogP contribution in [0.15, 0.2) is 59.3 Å². The monoisotopic (exact) mass is 431 g/mol. The molecule has 9 nitrogen and oxygen atoms in total. The first-order valence-corrected chi connectivity index (χ1v) is 10.9. The Bertz CT molecular complexity index is 1170. The van der Waals surface area contributed by atoms with E-state index in [-0.39, 0.29) is 24.7 Å². The van der Waals surface area contributed by atoms with Gasteiger partial charge in [-0.2, -0.15) is 9.61 Å². The van der Waals surface area contributed by atoms with E-state index in [9.17, 15) is 4.79 Å². The lowest BCUT2D eigenvalue weighted by Crippen LogP contribution is -2.46. The number of ether oxygens (including phenoxy) is 1. The van der Waals surface area contributed by atoms with E-state index in [1.807, 2.05) is 60.4 Å². The van der Waals surface area contributed by atoms with Crippen LogP contribution in [0.4, 0.5) is 4.79 Å². The number of amides is 2. The fourth-order valence-electron chi connectivity index (χ4n) is 3.96. The van der Waals surface area contributed by atoms with Crippen LogP contribution in [0.1, 0.15) is 25.6 Å². The first kappa shape index (κ1) is 20.2. The molecule has 0 radical (unpaired) electrons. The Balaban J connectivity index is 1.27. The Kier molecular flexibility index (Phi) is 5.53. The lowest BCUT2D eigenvalue weighted by atomic mass is 10.0. The number of carbonyl (C=O) groups is 1. The van der Waals surface area contributed by atoms with Crippen molar-refractivity contribution >= 4 is 17.9 Å². The highest BCUT2D eigenvalue weighted by Crippen LogP contribution is 2.23. The quantitative estimate of drug-likeness (QED) is 0.670. The molecule has 0 saturated carbocycles. The number of carbonyl (C=O) groups excluding carboxylic acids is 1. The molecule has 2 atom stereocenters. The zero-order valence-corrected chi connectivity index (χ0v) is 17.9. The van der Waals surface area contributed by atoms with Crippen LogP contribution in [0, 0.1) is 5.92 Å². The summed E-state index contributed by atoms with van der Waals surface area (Å²) in [5.41, 5.74) is 2.51. The van der Waals surface area contributed by atoms with Crippen LogP contribution in [0.3, 0.4) is 0 Å². The topological polar surface area (TPSA) is 97.0 Å². The minimum absolute atomic E-state index is 0.0705. The van der Waals surface area contributed by atoms with E-state index in [4.69, 9.17) is 4.74 Å². The maximum Gasteiger partial charge on any atom is 0.319 e. The minimum atomic E-state index is -0.360. The molecule has 1 N–H and O–H groups in total. The van der Waals surface area contributed by atoms with Gasteiger partial charge in [0, 0.05) is 24.9 Å². The summed E-state index contributed by atoms with van der Waals surface area (Å²) in [5.74, 6) is 1.24. The second-order valence-corrected chi connectivity index (χ2v) is 8.00. The van der Waals surface area contributed by atoms with E-state index in [1.165, 1.54) is 0 Å². The van der Waals surface area contributed by atoms with E-state index in [0.29, 0.717) is 11.5 Å². The molecule has 1 saturated heterocycles. The van der Waals surface area contributed by atoms with Crippen LogP contribution in [0.2, 0.25) is 0 Å². The van der Waals surface area contributed by atoms with Crippen LogP contribution < -0.4 is 5.32 Å². The van der Waals surface area contributed by atoms with Crippen molar-refractivity contribution < 1.29 is 9.53 Å². The molecule has 9 heteroatoms. The van der Waals surface area contributed by atoms with Gasteiger partial charge in [0.15, 0.2) is 11.5 Å². The molecule has 2 aliphatic rings. The number of nitrogens with one attached hydrogen (secondary N) is 1. The molecular weight excluding hydrogens is 406 g/mol. The van der Waals surface area contributed by atoms with Crippen molar-refractivity contribution in [1.82, 2.24) is 30.0 Å². The van der Waals surface area contributed by atoms with Crippen LogP contribution >= 0.6 is 0 Å². The molecule has 2 amide bonds. The van der Waals surface area contributed by atoms with Crippen LogP contribution in [-0.4, -0.2) is 56.2 Å². The van der Waals surface area contributed by atoms with E-state index in [0.717, 1.165) is 42.9 Å². The Morgan fingerprint density at radius 3 is 2.75 bits per heavy atom. The lowest BCUT2D eigenvalue weighted by Gasteiger charge is -2.28. The molecule has 1 fully saturated rings. The number of hydrogen-bond acceptors (Lipinski definition) is 6. The molecule has 4 heterocycles. The Morgan fingerprint density at radius 2 is 1.94 bits per heavy atom. The molecular formula is C23H25N7O2. The maximum atomic E-state index is 12.5. The zero-order chi connectivity index (χ0) is 21.9. The number of hydrogen-bond donors (Lipinski definition) is 1. The predicted octanol–water partition coefficient (Wildman–Crippen LogP) is 3.04. The van der Waals surface area contributed by atoms with E-state index in [2.05, 4.69) is 25.6 Å². The average molecular weight is 432 g/mol. The number of dihydropyridines is 1. The highest BCUT2D eigenvalue weighted by molar-refractivity contribution is 5.77. The van der Waals surface area contributed by atoms with Gasteiger partial charge in [-0.15, -0.1) is 10.2 Å². The second kappa shape index (κ2) is 8.78. The van der Waals surface area contributed by atoms with E-state index in [1.54, 1.807) is 10.7 Å². The van der Waals surface area contributed by atoms with Crippen molar-refractivity contribution in [2.45, 2.75) is 32.5 Å². The molecule has 2 aliphatic heterocycles. The SMILES string of the molecule is CC1C(OCc2nnc3ccc(-c4ccccc4)nn23)=CC=NC1NC(=O)N1CCCC1. The third-order valence-electron chi connectivity index (χ3n) is 5.84. The van der Waals surface area contributed by atoms with Gasteiger partial charge in [-0.05, 0) is 31.1 Å². The number of nitrogens with zero attached hydrogens (tertiary/aromatic N) is 6. The zero-order valence-electron chi connectivity index (χ0n) is 17.9. The van der Waals surface area contributed by atoms with Gasteiger partial charge >= 0.3 is 6.03 Å². The summed E-state index contributed by atoms with van der Waals surface area (Å²) in [7, 11) is 0. The number of urea groups is 1. The molecule has 0 aliphatic carbocycles. The van der Waals surface area contributed by atoms with Crippen molar-refractivity contribution in [3.63, 3.8) is 0 Å². The van der Waals surface area contributed by atoms with Crippen molar-refractivity contribution in [3.05, 3.63) is 60.1 Å². The van der Waals surface area contributed by atoms with Crippen LogP contribution in [0.5, 0.6) is 0 Å². The summed E-state index contributed by atoms with van der Waals surface area (Å²) >= 11 is 0. The molecule has 2 aromatic heterocycles.